The van der Waals surface area contributed by atoms with Crippen molar-refractivity contribution in [2.75, 3.05) is 6.54 Å². The summed E-state index contributed by atoms with van der Waals surface area (Å²) in [6.45, 7) is 0.791. The van der Waals surface area contributed by atoms with Gasteiger partial charge in [0.2, 0.25) is 0 Å². The van der Waals surface area contributed by atoms with Crippen LogP contribution in [0.4, 0.5) is 13.2 Å². The molecule has 2 N–H and O–H groups in total. The van der Waals surface area contributed by atoms with Crippen LogP contribution in [0.15, 0.2) is 39.6 Å². The second kappa shape index (κ2) is 6.72. The van der Waals surface area contributed by atoms with E-state index in [1.54, 1.807) is 12.1 Å². The number of aromatic nitrogens is 1. The Morgan fingerprint density at radius 2 is 2.00 bits per heavy atom. The van der Waals surface area contributed by atoms with E-state index < -0.39 is 6.36 Å². The van der Waals surface area contributed by atoms with Crippen LogP contribution in [-0.4, -0.2) is 24.1 Å². The number of hydrogen-bond acceptors (Lipinski definition) is 4. The minimum Gasteiger partial charge on any atom is -0.406 e. The number of alkyl halides is 3. The second-order valence-electron chi connectivity index (χ2n) is 5.88. The highest BCUT2D eigenvalue weighted by Crippen LogP contribution is 2.28. The number of H-pyrrole nitrogens is 1. The molecule has 2 aromatic rings. The maximum atomic E-state index is 12.2. The van der Waals surface area contributed by atoms with Crippen molar-refractivity contribution in [3.05, 3.63) is 52.0 Å². The van der Waals surface area contributed by atoms with Crippen LogP contribution >= 0.6 is 0 Å². The Morgan fingerprint density at radius 1 is 1.25 bits per heavy atom. The quantitative estimate of drug-likeness (QED) is 0.896. The van der Waals surface area contributed by atoms with Crippen molar-refractivity contribution in [3.8, 4) is 5.75 Å². The average Bonchev–Trinajstić information content (AvgIpc) is 2.95. The van der Waals surface area contributed by atoms with E-state index in [4.69, 9.17) is 4.52 Å². The minimum atomic E-state index is -4.68. The van der Waals surface area contributed by atoms with Gasteiger partial charge in [-0.1, -0.05) is 12.1 Å². The molecule has 2 heterocycles. The van der Waals surface area contributed by atoms with E-state index in [0.717, 1.165) is 24.9 Å². The number of nitrogens with one attached hydrogen (secondary N) is 2. The molecule has 2 atom stereocenters. The average molecular weight is 342 g/mol. The molecule has 0 radical (unpaired) electrons. The van der Waals surface area contributed by atoms with Gasteiger partial charge in [-0.3, -0.25) is 4.79 Å². The molecule has 8 heteroatoms. The summed E-state index contributed by atoms with van der Waals surface area (Å²) in [6, 6.07) is 7.52. The zero-order valence-corrected chi connectivity index (χ0v) is 12.7. The molecule has 0 amide bonds. The summed E-state index contributed by atoms with van der Waals surface area (Å²) in [5.74, 6) is 0.582. The molecule has 1 aromatic heterocycles. The van der Waals surface area contributed by atoms with Crippen LogP contribution in [-0.2, 0) is 6.42 Å². The zero-order chi connectivity index (χ0) is 17.2. The molecule has 0 unspecified atom stereocenters. The summed E-state index contributed by atoms with van der Waals surface area (Å²) in [5.41, 5.74) is 0.665. The van der Waals surface area contributed by atoms with E-state index in [1.165, 1.54) is 18.2 Å². The lowest BCUT2D eigenvalue weighted by Crippen LogP contribution is -2.38. The maximum absolute atomic E-state index is 12.2. The van der Waals surface area contributed by atoms with Crippen molar-refractivity contribution in [1.29, 1.82) is 0 Å². The molecule has 1 aromatic carbocycles. The number of halogens is 3. The molecule has 1 fully saturated rings. The monoisotopic (exact) mass is 342 g/mol. The van der Waals surface area contributed by atoms with Crippen LogP contribution in [0, 0.1) is 0 Å². The molecular weight excluding hydrogens is 325 g/mol. The molecule has 3 rings (SSSR count). The van der Waals surface area contributed by atoms with Gasteiger partial charge in [0.15, 0.2) is 0 Å². The van der Waals surface area contributed by atoms with E-state index in [-0.39, 0.29) is 23.3 Å². The number of benzene rings is 1. The number of hydrogen-bond donors (Lipinski definition) is 2. The van der Waals surface area contributed by atoms with Gasteiger partial charge in [-0.2, -0.15) is 5.16 Å². The van der Waals surface area contributed by atoms with Gasteiger partial charge in [-0.15, -0.1) is 13.2 Å². The lowest BCUT2D eigenvalue weighted by atomic mass is 9.87. The highest BCUT2D eigenvalue weighted by Gasteiger charge is 2.31. The van der Waals surface area contributed by atoms with Crippen molar-refractivity contribution < 1.29 is 22.4 Å². The van der Waals surface area contributed by atoms with Crippen LogP contribution in [0.25, 0.3) is 0 Å². The largest absolute Gasteiger partial charge is 0.573 e. The van der Waals surface area contributed by atoms with Gasteiger partial charge in [0.25, 0.3) is 5.56 Å². The van der Waals surface area contributed by atoms with E-state index in [2.05, 4.69) is 15.2 Å². The van der Waals surface area contributed by atoms with E-state index in [1.807, 2.05) is 0 Å². The third-order valence-corrected chi connectivity index (χ3v) is 4.08. The molecular formula is C16H17F3N2O3. The predicted octanol–water partition coefficient (Wildman–Crippen LogP) is 2.94. The van der Waals surface area contributed by atoms with Crippen LogP contribution in [0.3, 0.4) is 0 Å². The highest BCUT2D eigenvalue weighted by atomic mass is 19.4. The number of rotatable bonds is 4. The zero-order valence-electron chi connectivity index (χ0n) is 12.7. The summed E-state index contributed by atoms with van der Waals surface area (Å²) in [5, 5.41) is 5.68. The summed E-state index contributed by atoms with van der Waals surface area (Å²) < 4.78 is 45.5. The van der Waals surface area contributed by atoms with Gasteiger partial charge in [0.1, 0.15) is 11.5 Å². The molecule has 24 heavy (non-hydrogen) atoms. The van der Waals surface area contributed by atoms with E-state index in [9.17, 15) is 18.0 Å². The maximum Gasteiger partial charge on any atom is 0.573 e. The minimum absolute atomic E-state index is 0.156. The van der Waals surface area contributed by atoms with Gasteiger partial charge in [0.05, 0.1) is 0 Å². The van der Waals surface area contributed by atoms with Gasteiger partial charge in [-0.05, 0) is 43.5 Å². The molecule has 0 saturated carbocycles. The molecule has 1 saturated heterocycles. The summed E-state index contributed by atoms with van der Waals surface area (Å²) >= 11 is 0. The molecule has 1 aliphatic heterocycles. The normalized spacial score (nSPS) is 21.6. The van der Waals surface area contributed by atoms with Crippen LogP contribution < -0.4 is 15.6 Å². The number of aromatic amines is 1. The Balaban J connectivity index is 1.60. The Hall–Kier alpha value is -2.22. The summed E-state index contributed by atoms with van der Waals surface area (Å²) in [4.78, 5) is 11.2. The predicted molar refractivity (Wildman–Crippen MR) is 79.9 cm³/mol. The first-order chi connectivity index (χ1) is 11.4. The molecule has 0 spiro atoms. The molecule has 1 aliphatic rings. The van der Waals surface area contributed by atoms with Gasteiger partial charge >= 0.3 is 6.36 Å². The first-order valence-electron chi connectivity index (χ1n) is 7.65. The fourth-order valence-electron chi connectivity index (χ4n) is 3.03. The van der Waals surface area contributed by atoms with Crippen molar-refractivity contribution in [3.63, 3.8) is 0 Å². The van der Waals surface area contributed by atoms with Gasteiger partial charge < -0.3 is 14.6 Å². The van der Waals surface area contributed by atoms with Crippen molar-refractivity contribution in [1.82, 2.24) is 10.5 Å². The van der Waals surface area contributed by atoms with Crippen LogP contribution in [0.5, 0.6) is 5.75 Å². The lowest BCUT2D eigenvalue weighted by molar-refractivity contribution is -0.274. The molecule has 0 bridgehead atoms. The highest BCUT2D eigenvalue weighted by molar-refractivity contribution is 5.28. The fraction of sp³-hybridized carbons (Fsp3) is 0.438. The molecule has 5 nitrogen and oxygen atoms in total. The van der Waals surface area contributed by atoms with Crippen molar-refractivity contribution in [2.24, 2.45) is 0 Å². The Bertz CT molecular complexity index is 721. The Kier molecular flexibility index (Phi) is 4.66. The molecule has 0 aliphatic carbocycles. The van der Waals surface area contributed by atoms with Crippen LogP contribution in [0.1, 0.15) is 30.1 Å². The van der Waals surface area contributed by atoms with E-state index >= 15 is 0 Å². The SMILES string of the molecule is O=c1cc([C@H]2CCN[C@H](Cc3ccc(OC(F)(F)F)cc3)C2)o[nH]1. The number of piperidine rings is 1. The summed E-state index contributed by atoms with van der Waals surface area (Å²) in [6.07, 6.45) is -2.34. The van der Waals surface area contributed by atoms with E-state index in [0.29, 0.717) is 12.2 Å². The standard InChI is InChI=1S/C16H17F3N2O3/c17-16(18,19)23-13-3-1-10(2-4-13)7-12-8-11(5-6-20-12)14-9-15(22)21-24-14/h1-4,9,11-12,20H,5-8H2,(H,21,22)/t11-,12+/m0/s1. The van der Waals surface area contributed by atoms with Crippen molar-refractivity contribution in [2.45, 2.75) is 37.6 Å². The Morgan fingerprint density at radius 3 is 2.62 bits per heavy atom. The summed E-state index contributed by atoms with van der Waals surface area (Å²) in [7, 11) is 0. The second-order valence-corrected chi connectivity index (χ2v) is 5.88. The molecule has 130 valence electrons. The van der Waals surface area contributed by atoms with Gasteiger partial charge in [-0.25, -0.2) is 0 Å². The fourth-order valence-corrected chi connectivity index (χ4v) is 3.03. The van der Waals surface area contributed by atoms with Gasteiger partial charge in [0, 0.05) is 18.0 Å². The number of ether oxygens (including phenoxy) is 1. The van der Waals surface area contributed by atoms with Crippen LogP contribution in [0.2, 0.25) is 0 Å². The third-order valence-electron chi connectivity index (χ3n) is 4.08. The third kappa shape index (κ3) is 4.41. The van der Waals surface area contributed by atoms with Crippen molar-refractivity contribution >= 4 is 0 Å². The first-order valence-corrected chi connectivity index (χ1v) is 7.65. The Labute approximate surface area is 135 Å². The topological polar surface area (TPSA) is 67.3 Å². The first kappa shape index (κ1) is 16.6. The smallest absolute Gasteiger partial charge is 0.406 e. The lowest BCUT2D eigenvalue weighted by Gasteiger charge is -2.29.